The number of nitrogens with zero attached hydrogens (tertiary/aromatic N) is 1. The second-order valence-corrected chi connectivity index (χ2v) is 5.28. The van der Waals surface area contributed by atoms with Gasteiger partial charge in [-0.25, -0.2) is 4.39 Å². The average molecular weight is 264 g/mol. The van der Waals surface area contributed by atoms with Crippen molar-refractivity contribution in [2.75, 3.05) is 7.05 Å². The summed E-state index contributed by atoms with van der Waals surface area (Å²) in [6, 6.07) is 5.96. The molecule has 0 radical (unpaired) electrons. The van der Waals surface area contributed by atoms with Gasteiger partial charge < -0.3 is 5.32 Å². The van der Waals surface area contributed by atoms with E-state index in [0.717, 1.165) is 24.8 Å². The van der Waals surface area contributed by atoms with Gasteiger partial charge in [-0.3, -0.25) is 4.98 Å². The van der Waals surface area contributed by atoms with E-state index >= 15 is 0 Å². The van der Waals surface area contributed by atoms with Gasteiger partial charge in [0.2, 0.25) is 0 Å². The molecule has 0 aliphatic carbocycles. The van der Waals surface area contributed by atoms with Crippen LogP contribution in [0.3, 0.4) is 0 Å². The molecule has 18 heavy (non-hydrogen) atoms. The number of aryl methyl sites for hydroxylation is 1. The number of aromatic nitrogens is 1. The first-order valence-electron chi connectivity index (χ1n) is 6.09. The van der Waals surface area contributed by atoms with E-state index in [2.05, 4.69) is 27.8 Å². The summed E-state index contributed by atoms with van der Waals surface area (Å²) in [7, 11) is 1.90. The molecule has 1 N–H and O–H groups in total. The summed E-state index contributed by atoms with van der Waals surface area (Å²) in [5.74, 6) is -0.272. The summed E-state index contributed by atoms with van der Waals surface area (Å²) in [6.07, 6.45) is 6.12. The molecule has 2 nitrogen and oxygen atoms in total. The van der Waals surface area contributed by atoms with Crippen molar-refractivity contribution in [1.29, 1.82) is 0 Å². The van der Waals surface area contributed by atoms with Gasteiger partial charge in [-0.2, -0.15) is 0 Å². The molecule has 1 atom stereocenters. The first-order chi connectivity index (χ1) is 8.79. The molecule has 0 spiro atoms. The number of hydrogen-bond acceptors (Lipinski definition) is 3. The van der Waals surface area contributed by atoms with Crippen LogP contribution in [-0.2, 0) is 6.42 Å². The van der Waals surface area contributed by atoms with Crippen LogP contribution in [0.2, 0.25) is 0 Å². The molecule has 0 fully saturated rings. The van der Waals surface area contributed by atoms with E-state index in [0.29, 0.717) is 0 Å². The molecule has 2 aromatic rings. The van der Waals surface area contributed by atoms with Crippen molar-refractivity contribution < 1.29 is 4.39 Å². The minimum Gasteiger partial charge on any atom is -0.313 e. The van der Waals surface area contributed by atoms with Crippen LogP contribution in [0.4, 0.5) is 4.39 Å². The Labute approximate surface area is 111 Å². The van der Waals surface area contributed by atoms with Gasteiger partial charge in [0.15, 0.2) is 0 Å². The van der Waals surface area contributed by atoms with E-state index in [1.807, 2.05) is 7.05 Å². The normalized spacial score (nSPS) is 12.6. The fourth-order valence-electron chi connectivity index (χ4n) is 2.03. The van der Waals surface area contributed by atoms with Gasteiger partial charge in [-0.05, 0) is 49.4 Å². The molecular weight excluding hydrogens is 247 g/mol. The second kappa shape index (κ2) is 6.61. The fraction of sp³-hybridized carbons (Fsp3) is 0.357. The van der Waals surface area contributed by atoms with Crippen LogP contribution in [0.5, 0.6) is 0 Å². The molecule has 0 bridgehead atoms. The minimum absolute atomic E-state index is 0.174. The lowest BCUT2D eigenvalue weighted by Gasteiger charge is -2.15. The van der Waals surface area contributed by atoms with Crippen molar-refractivity contribution in [2.24, 2.45) is 0 Å². The number of nitrogens with one attached hydrogen (secondary N) is 1. The van der Waals surface area contributed by atoms with E-state index in [1.54, 1.807) is 23.6 Å². The highest BCUT2D eigenvalue weighted by atomic mass is 32.1. The van der Waals surface area contributed by atoms with Gasteiger partial charge in [0.1, 0.15) is 5.82 Å². The van der Waals surface area contributed by atoms with Crippen LogP contribution >= 0.6 is 11.3 Å². The molecule has 0 aliphatic rings. The number of thiophene rings is 1. The average Bonchev–Trinajstić information content (AvgIpc) is 2.88. The van der Waals surface area contributed by atoms with Crippen molar-refractivity contribution in [3.05, 3.63) is 52.2 Å². The first kappa shape index (κ1) is 13.2. The van der Waals surface area contributed by atoms with Gasteiger partial charge in [-0.15, -0.1) is 11.3 Å². The van der Waals surface area contributed by atoms with Crippen LogP contribution < -0.4 is 5.32 Å². The highest BCUT2D eigenvalue weighted by molar-refractivity contribution is 7.09. The van der Waals surface area contributed by atoms with Crippen molar-refractivity contribution in [1.82, 2.24) is 10.3 Å². The van der Waals surface area contributed by atoms with Crippen LogP contribution in [-0.4, -0.2) is 12.0 Å². The predicted octanol–water partition coefficient (Wildman–Crippen LogP) is 3.57. The maximum atomic E-state index is 13.1. The van der Waals surface area contributed by atoms with E-state index in [9.17, 15) is 4.39 Å². The summed E-state index contributed by atoms with van der Waals surface area (Å²) >= 11 is 1.79. The third-order valence-corrected chi connectivity index (χ3v) is 3.91. The molecule has 2 heterocycles. The van der Waals surface area contributed by atoms with Gasteiger partial charge >= 0.3 is 0 Å². The molecule has 0 aromatic carbocycles. The zero-order chi connectivity index (χ0) is 12.8. The molecule has 2 aromatic heterocycles. The van der Waals surface area contributed by atoms with Crippen molar-refractivity contribution in [3.63, 3.8) is 0 Å². The minimum atomic E-state index is -0.272. The molecule has 4 heteroatoms. The topological polar surface area (TPSA) is 24.9 Å². The Balaban J connectivity index is 1.89. The fourth-order valence-corrected chi connectivity index (χ4v) is 2.78. The maximum Gasteiger partial charge on any atom is 0.141 e. The molecule has 96 valence electrons. The summed E-state index contributed by atoms with van der Waals surface area (Å²) in [6.45, 7) is 0. The Bertz CT molecular complexity index is 470. The van der Waals surface area contributed by atoms with E-state index < -0.39 is 0 Å². The monoisotopic (exact) mass is 264 g/mol. The van der Waals surface area contributed by atoms with Crippen molar-refractivity contribution in [2.45, 2.75) is 25.3 Å². The van der Waals surface area contributed by atoms with Crippen LogP contribution in [0.1, 0.15) is 29.3 Å². The summed E-state index contributed by atoms with van der Waals surface area (Å²) < 4.78 is 13.1. The predicted molar refractivity (Wildman–Crippen MR) is 73.3 cm³/mol. The highest BCUT2D eigenvalue weighted by Gasteiger charge is 2.10. The highest BCUT2D eigenvalue weighted by Crippen LogP contribution is 2.20. The third kappa shape index (κ3) is 3.62. The van der Waals surface area contributed by atoms with Gasteiger partial charge in [0, 0.05) is 17.1 Å². The van der Waals surface area contributed by atoms with Crippen LogP contribution in [0.25, 0.3) is 0 Å². The van der Waals surface area contributed by atoms with E-state index in [1.165, 1.54) is 11.1 Å². The molecule has 0 amide bonds. The Morgan fingerprint density at radius 2 is 2.33 bits per heavy atom. The Hall–Kier alpha value is -1.26. The molecule has 0 saturated carbocycles. The quantitative estimate of drug-likeness (QED) is 0.863. The Kier molecular flexibility index (Phi) is 4.84. The number of halogens is 1. The van der Waals surface area contributed by atoms with Crippen molar-refractivity contribution >= 4 is 11.3 Å². The van der Waals surface area contributed by atoms with Crippen molar-refractivity contribution in [3.8, 4) is 0 Å². The third-order valence-electron chi connectivity index (χ3n) is 2.97. The standard InChI is InChI=1S/C14H17FN2S/c1-16-14(11-8-12(15)10-17-9-11)6-2-4-13-5-3-7-18-13/h3,5,7-10,14,16H,2,4,6H2,1H3. The molecule has 1 unspecified atom stereocenters. The second-order valence-electron chi connectivity index (χ2n) is 4.25. The zero-order valence-electron chi connectivity index (χ0n) is 10.4. The summed E-state index contributed by atoms with van der Waals surface area (Å²) in [4.78, 5) is 5.30. The van der Waals surface area contributed by atoms with Crippen LogP contribution in [0.15, 0.2) is 36.0 Å². The van der Waals surface area contributed by atoms with Gasteiger partial charge in [-0.1, -0.05) is 6.07 Å². The smallest absolute Gasteiger partial charge is 0.141 e. The van der Waals surface area contributed by atoms with Crippen LogP contribution in [0, 0.1) is 5.82 Å². The molecular formula is C14H17FN2S. The van der Waals surface area contributed by atoms with Gasteiger partial charge in [0.05, 0.1) is 6.20 Å². The summed E-state index contributed by atoms with van der Waals surface area (Å²) in [5.41, 5.74) is 0.920. The molecule has 0 aliphatic heterocycles. The van der Waals surface area contributed by atoms with E-state index in [4.69, 9.17) is 0 Å². The summed E-state index contributed by atoms with van der Waals surface area (Å²) in [5, 5.41) is 5.32. The number of rotatable bonds is 6. The number of pyridine rings is 1. The number of hydrogen-bond donors (Lipinski definition) is 1. The van der Waals surface area contributed by atoms with E-state index in [-0.39, 0.29) is 11.9 Å². The Morgan fingerprint density at radius 3 is 3.00 bits per heavy atom. The Morgan fingerprint density at radius 1 is 1.44 bits per heavy atom. The first-order valence-corrected chi connectivity index (χ1v) is 6.97. The SMILES string of the molecule is CNC(CCCc1cccs1)c1cncc(F)c1. The lowest BCUT2D eigenvalue weighted by atomic mass is 10.0. The molecule has 0 saturated heterocycles. The lowest BCUT2D eigenvalue weighted by molar-refractivity contribution is 0.520. The largest absolute Gasteiger partial charge is 0.313 e. The molecule has 2 rings (SSSR count). The maximum absolute atomic E-state index is 13.1. The lowest BCUT2D eigenvalue weighted by Crippen LogP contribution is -2.16. The van der Waals surface area contributed by atoms with Gasteiger partial charge in [0.25, 0.3) is 0 Å². The zero-order valence-corrected chi connectivity index (χ0v) is 11.2.